The molecule has 0 aliphatic carbocycles. The Morgan fingerprint density at radius 3 is 2.36 bits per heavy atom. The third-order valence-corrected chi connectivity index (χ3v) is 9.28. The molecule has 1 aliphatic rings. The van der Waals surface area contributed by atoms with Gasteiger partial charge in [-0.1, -0.05) is 44.0 Å². The van der Waals surface area contributed by atoms with E-state index in [0.717, 1.165) is 35.9 Å². The van der Waals surface area contributed by atoms with Gasteiger partial charge in [0, 0.05) is 40.9 Å². The van der Waals surface area contributed by atoms with Crippen LogP contribution >= 0.6 is 23.2 Å². The minimum Gasteiger partial charge on any atom is -0.480 e. The predicted molar refractivity (Wildman–Crippen MR) is 163 cm³/mol. The summed E-state index contributed by atoms with van der Waals surface area (Å²) in [6.07, 6.45) is 6.95. The molecular formula is C29H31Cl2N5O5S. The molecule has 1 aliphatic heterocycles. The molecule has 4 aromatic rings. The van der Waals surface area contributed by atoms with Crippen LogP contribution in [0, 0.1) is 5.41 Å². The standard InChI is InChI=1S/C29H31Cl2N5O5S/c1-29(2,3)27(28(37)38)36(42(39,40)23-14-19(30)13-20(31)15-23)22-4-5-24-18(12-22)6-9-35(24)26-17-32-25(16-33-26)34-21-7-10-41-11-8-21/h4-6,9,12-17,21,27H,7-8,10-11H2,1-3H3,(H,32,34)(H,37,38). The topological polar surface area (TPSA) is 127 Å². The molecule has 1 unspecified atom stereocenters. The van der Waals surface area contributed by atoms with Crippen molar-refractivity contribution in [1.82, 2.24) is 14.5 Å². The van der Waals surface area contributed by atoms with Gasteiger partial charge in [-0.3, -0.25) is 8.87 Å². The zero-order valence-electron chi connectivity index (χ0n) is 23.3. The third-order valence-electron chi connectivity index (χ3n) is 7.07. The molecule has 13 heteroatoms. The first kappa shape index (κ1) is 30.1. The molecule has 0 bridgehead atoms. The van der Waals surface area contributed by atoms with E-state index in [-0.39, 0.29) is 26.7 Å². The van der Waals surface area contributed by atoms with E-state index in [9.17, 15) is 18.3 Å². The van der Waals surface area contributed by atoms with Crippen LogP contribution in [0.1, 0.15) is 33.6 Å². The van der Waals surface area contributed by atoms with Crippen molar-refractivity contribution in [3.05, 3.63) is 71.1 Å². The lowest BCUT2D eigenvalue weighted by Gasteiger charge is -2.37. The zero-order chi connectivity index (χ0) is 30.2. The number of ether oxygens (including phenoxy) is 1. The van der Waals surface area contributed by atoms with E-state index in [1.807, 2.05) is 10.6 Å². The maximum absolute atomic E-state index is 14.1. The number of halogens is 2. The summed E-state index contributed by atoms with van der Waals surface area (Å²) >= 11 is 12.3. The molecule has 1 atom stereocenters. The number of fused-ring (bicyclic) bond motifs is 1. The van der Waals surface area contributed by atoms with Gasteiger partial charge >= 0.3 is 5.97 Å². The van der Waals surface area contributed by atoms with E-state index in [0.29, 0.717) is 17.0 Å². The molecule has 0 amide bonds. The van der Waals surface area contributed by atoms with Crippen molar-refractivity contribution in [2.45, 2.75) is 50.6 Å². The van der Waals surface area contributed by atoms with Crippen LogP contribution in [0.3, 0.4) is 0 Å². The summed E-state index contributed by atoms with van der Waals surface area (Å²) in [6.45, 7) is 6.46. The highest BCUT2D eigenvalue weighted by Gasteiger charge is 2.43. The van der Waals surface area contributed by atoms with E-state index in [1.54, 1.807) is 57.6 Å². The molecule has 0 radical (unpaired) electrons. The second-order valence-electron chi connectivity index (χ2n) is 11.2. The lowest BCUT2D eigenvalue weighted by atomic mass is 9.86. The minimum atomic E-state index is -4.42. The number of sulfonamides is 1. The van der Waals surface area contributed by atoms with Gasteiger partial charge in [0.1, 0.15) is 11.9 Å². The monoisotopic (exact) mass is 631 g/mol. The summed E-state index contributed by atoms with van der Waals surface area (Å²) in [6, 6.07) is 9.53. The van der Waals surface area contributed by atoms with E-state index < -0.39 is 27.4 Å². The smallest absolute Gasteiger partial charge is 0.328 e. The van der Waals surface area contributed by atoms with Crippen LogP contribution in [0.5, 0.6) is 0 Å². The molecule has 10 nitrogen and oxygen atoms in total. The molecule has 2 aromatic carbocycles. The largest absolute Gasteiger partial charge is 0.480 e. The summed E-state index contributed by atoms with van der Waals surface area (Å²) in [5.74, 6) is -0.0405. The molecule has 1 saturated heterocycles. The van der Waals surface area contributed by atoms with Crippen LogP contribution in [0.15, 0.2) is 66.0 Å². The first-order valence-corrected chi connectivity index (χ1v) is 15.6. The molecule has 42 heavy (non-hydrogen) atoms. The Morgan fingerprint density at radius 2 is 1.76 bits per heavy atom. The fourth-order valence-corrected chi connectivity index (χ4v) is 7.59. The van der Waals surface area contributed by atoms with Crippen molar-refractivity contribution < 1.29 is 23.1 Å². The maximum Gasteiger partial charge on any atom is 0.328 e. The van der Waals surface area contributed by atoms with Crippen LogP contribution < -0.4 is 9.62 Å². The highest BCUT2D eigenvalue weighted by atomic mass is 35.5. The van der Waals surface area contributed by atoms with E-state index in [4.69, 9.17) is 27.9 Å². The van der Waals surface area contributed by atoms with Gasteiger partial charge < -0.3 is 15.2 Å². The first-order chi connectivity index (χ1) is 19.8. The highest BCUT2D eigenvalue weighted by Crippen LogP contribution is 2.37. The second-order valence-corrected chi connectivity index (χ2v) is 13.9. The number of carbonyl (C=O) groups is 1. The van der Waals surface area contributed by atoms with Gasteiger partial charge in [-0.2, -0.15) is 0 Å². The lowest BCUT2D eigenvalue weighted by molar-refractivity contribution is -0.140. The summed E-state index contributed by atoms with van der Waals surface area (Å²) in [7, 11) is -4.42. The molecule has 0 saturated carbocycles. The zero-order valence-corrected chi connectivity index (χ0v) is 25.6. The molecule has 0 spiro atoms. The number of aliphatic carboxylic acids is 1. The Bertz CT molecular complexity index is 1690. The van der Waals surface area contributed by atoms with Crippen LogP contribution in [0.25, 0.3) is 16.7 Å². The number of hydrogen-bond acceptors (Lipinski definition) is 7. The average molecular weight is 633 g/mol. The quantitative estimate of drug-likeness (QED) is 0.242. The summed E-state index contributed by atoms with van der Waals surface area (Å²) < 4.78 is 36.3. The van der Waals surface area contributed by atoms with Crippen LogP contribution in [0.4, 0.5) is 11.5 Å². The Hall–Kier alpha value is -3.38. The van der Waals surface area contributed by atoms with Crippen molar-refractivity contribution in [1.29, 1.82) is 0 Å². The maximum atomic E-state index is 14.1. The van der Waals surface area contributed by atoms with Gasteiger partial charge in [0.25, 0.3) is 10.0 Å². The minimum absolute atomic E-state index is 0.117. The summed E-state index contributed by atoms with van der Waals surface area (Å²) in [5, 5.41) is 14.6. The number of aromatic nitrogens is 3. The van der Waals surface area contributed by atoms with Crippen LogP contribution in [-0.2, 0) is 19.6 Å². The SMILES string of the molecule is CC(C)(C)C(C(=O)O)N(c1ccc2c(ccn2-c2cnc(NC3CCOCC3)cn2)c1)S(=O)(=O)c1cc(Cl)cc(Cl)c1. The number of carboxylic acids is 1. The predicted octanol–water partition coefficient (Wildman–Crippen LogP) is 6.01. The van der Waals surface area contributed by atoms with Crippen molar-refractivity contribution in [2.75, 3.05) is 22.8 Å². The molecule has 2 N–H and O–H groups in total. The number of anilines is 2. The number of rotatable bonds is 8. The summed E-state index contributed by atoms with van der Waals surface area (Å²) in [5.41, 5.74) is -0.0530. The third kappa shape index (κ3) is 6.19. The van der Waals surface area contributed by atoms with Gasteiger partial charge in [0.2, 0.25) is 0 Å². The highest BCUT2D eigenvalue weighted by molar-refractivity contribution is 7.93. The van der Waals surface area contributed by atoms with Crippen molar-refractivity contribution in [2.24, 2.45) is 5.41 Å². The van der Waals surface area contributed by atoms with E-state index in [1.165, 1.54) is 18.2 Å². The fourth-order valence-electron chi connectivity index (χ4n) is 5.08. The molecule has 222 valence electrons. The number of benzene rings is 2. The van der Waals surface area contributed by atoms with E-state index in [2.05, 4.69) is 15.3 Å². The van der Waals surface area contributed by atoms with Crippen LogP contribution in [0.2, 0.25) is 10.0 Å². The number of nitrogens with one attached hydrogen (secondary N) is 1. The normalized spacial score (nSPS) is 15.5. The summed E-state index contributed by atoms with van der Waals surface area (Å²) in [4.78, 5) is 21.5. The van der Waals surface area contributed by atoms with Crippen molar-refractivity contribution >= 4 is 61.6 Å². The second kappa shape index (κ2) is 11.7. The molecule has 1 fully saturated rings. The van der Waals surface area contributed by atoms with Gasteiger partial charge in [0.05, 0.1) is 28.5 Å². The molecule has 3 heterocycles. The van der Waals surface area contributed by atoms with Gasteiger partial charge in [-0.15, -0.1) is 0 Å². The van der Waals surface area contributed by atoms with Gasteiger partial charge in [-0.25, -0.2) is 23.2 Å². The number of carboxylic acid groups (broad SMARTS) is 1. The van der Waals surface area contributed by atoms with Gasteiger partial charge in [-0.05, 0) is 60.7 Å². The Balaban J connectivity index is 1.54. The van der Waals surface area contributed by atoms with Crippen molar-refractivity contribution in [3.63, 3.8) is 0 Å². The Morgan fingerprint density at radius 1 is 1.07 bits per heavy atom. The van der Waals surface area contributed by atoms with Gasteiger partial charge in [0.15, 0.2) is 5.82 Å². The Kier molecular flexibility index (Phi) is 8.39. The molecule has 5 rings (SSSR count). The van der Waals surface area contributed by atoms with Crippen molar-refractivity contribution in [3.8, 4) is 5.82 Å². The van der Waals surface area contributed by atoms with E-state index >= 15 is 0 Å². The number of nitrogens with zero attached hydrogens (tertiary/aromatic N) is 4. The average Bonchev–Trinajstić information content (AvgIpc) is 3.34. The lowest BCUT2D eigenvalue weighted by Crippen LogP contribution is -2.52. The fraction of sp³-hybridized carbons (Fsp3) is 0.345. The molecular weight excluding hydrogens is 601 g/mol. The first-order valence-electron chi connectivity index (χ1n) is 13.4. The van der Waals surface area contributed by atoms with Crippen LogP contribution in [-0.4, -0.2) is 59.3 Å². The Labute approximate surface area is 254 Å². The molecule has 2 aromatic heterocycles. The number of hydrogen-bond donors (Lipinski definition) is 2.